The number of methoxy groups -OCH3 is 1. The molecule has 2 aliphatic rings. The van der Waals surface area contributed by atoms with E-state index in [1.54, 1.807) is 30.2 Å². The quantitative estimate of drug-likeness (QED) is 0.402. The van der Waals surface area contributed by atoms with Gasteiger partial charge in [-0.05, 0) is 54.8 Å². The van der Waals surface area contributed by atoms with E-state index in [9.17, 15) is 9.59 Å². The first kappa shape index (κ1) is 27.2. The van der Waals surface area contributed by atoms with Crippen LogP contribution in [0.5, 0.6) is 17.2 Å². The molecule has 0 N–H and O–H groups in total. The highest BCUT2D eigenvalue weighted by Crippen LogP contribution is 2.33. The first-order valence-electron chi connectivity index (χ1n) is 13.6. The third kappa shape index (κ3) is 6.27. The van der Waals surface area contributed by atoms with Crippen LogP contribution >= 0.6 is 0 Å². The van der Waals surface area contributed by atoms with E-state index in [1.807, 2.05) is 41.3 Å². The van der Waals surface area contributed by atoms with Crippen LogP contribution in [-0.4, -0.2) is 85.0 Å². The molecule has 0 atom stereocenters. The van der Waals surface area contributed by atoms with Gasteiger partial charge in [0, 0.05) is 43.9 Å². The van der Waals surface area contributed by atoms with Gasteiger partial charge >= 0.3 is 0 Å². The number of rotatable bonds is 9. The zero-order valence-corrected chi connectivity index (χ0v) is 23.2. The normalized spacial score (nSPS) is 14.4. The number of ether oxygens (including phenoxy) is 3. The minimum Gasteiger partial charge on any atom is -0.497 e. The molecule has 2 aliphatic heterocycles. The number of carbonyl (C=O) groups is 2. The molecule has 2 aromatic carbocycles. The van der Waals surface area contributed by atoms with Crippen molar-refractivity contribution < 1.29 is 23.8 Å². The van der Waals surface area contributed by atoms with Crippen LogP contribution in [0.15, 0.2) is 54.6 Å². The molecule has 10 nitrogen and oxygen atoms in total. The SMILES string of the molecule is COc1cccc(-c2ccc(N3CCN(C(=O)CN(CCC(C)C)C(=O)c4ccc5c(c4)OCO5)CC3)nn2)c1. The third-order valence-corrected chi connectivity index (χ3v) is 7.18. The maximum Gasteiger partial charge on any atom is 0.254 e. The number of hydrogen-bond acceptors (Lipinski definition) is 8. The van der Waals surface area contributed by atoms with Gasteiger partial charge in [-0.2, -0.15) is 0 Å². The zero-order chi connectivity index (χ0) is 28.1. The smallest absolute Gasteiger partial charge is 0.254 e. The summed E-state index contributed by atoms with van der Waals surface area (Å²) in [6, 6.07) is 16.8. The Hall–Kier alpha value is -4.34. The molecule has 0 unspecified atom stereocenters. The highest BCUT2D eigenvalue weighted by molar-refractivity contribution is 5.97. The number of benzene rings is 2. The predicted molar refractivity (Wildman–Crippen MR) is 151 cm³/mol. The molecule has 0 saturated carbocycles. The van der Waals surface area contributed by atoms with E-state index in [0.717, 1.165) is 29.2 Å². The zero-order valence-electron chi connectivity index (χ0n) is 23.2. The fraction of sp³-hybridized carbons (Fsp3) is 0.400. The van der Waals surface area contributed by atoms with Crippen LogP contribution in [0.1, 0.15) is 30.6 Å². The Morgan fingerprint density at radius 2 is 1.77 bits per heavy atom. The molecule has 2 amide bonds. The van der Waals surface area contributed by atoms with Gasteiger partial charge in [-0.15, -0.1) is 10.2 Å². The predicted octanol–water partition coefficient (Wildman–Crippen LogP) is 3.72. The highest BCUT2D eigenvalue weighted by atomic mass is 16.7. The van der Waals surface area contributed by atoms with E-state index in [0.29, 0.717) is 55.7 Å². The lowest BCUT2D eigenvalue weighted by Crippen LogP contribution is -2.52. The molecule has 3 aromatic rings. The Balaban J connectivity index is 1.19. The first-order valence-corrected chi connectivity index (χ1v) is 13.6. The van der Waals surface area contributed by atoms with E-state index < -0.39 is 0 Å². The van der Waals surface area contributed by atoms with Gasteiger partial charge in [-0.25, -0.2) is 0 Å². The molecule has 5 rings (SSSR count). The lowest BCUT2D eigenvalue weighted by molar-refractivity contribution is -0.132. The molecule has 0 aliphatic carbocycles. The number of anilines is 1. The Labute approximate surface area is 234 Å². The topological polar surface area (TPSA) is 97.3 Å². The minimum atomic E-state index is -0.183. The Kier molecular flexibility index (Phi) is 8.33. The van der Waals surface area contributed by atoms with E-state index >= 15 is 0 Å². The van der Waals surface area contributed by atoms with Crippen LogP contribution < -0.4 is 19.1 Å². The molecular weight excluding hydrogens is 510 g/mol. The van der Waals surface area contributed by atoms with Crippen molar-refractivity contribution in [1.29, 1.82) is 0 Å². The number of carbonyl (C=O) groups excluding carboxylic acids is 2. The summed E-state index contributed by atoms with van der Waals surface area (Å²) in [7, 11) is 1.64. The number of piperazine rings is 1. The van der Waals surface area contributed by atoms with Crippen molar-refractivity contribution in [3.8, 4) is 28.5 Å². The lowest BCUT2D eigenvalue weighted by atomic mass is 10.1. The van der Waals surface area contributed by atoms with Gasteiger partial charge in [-0.1, -0.05) is 26.0 Å². The van der Waals surface area contributed by atoms with Gasteiger partial charge in [0.25, 0.3) is 5.91 Å². The van der Waals surface area contributed by atoms with Crippen LogP contribution in [0.4, 0.5) is 5.82 Å². The Morgan fingerprint density at radius 3 is 2.50 bits per heavy atom. The second-order valence-electron chi connectivity index (χ2n) is 10.4. The van der Waals surface area contributed by atoms with Gasteiger partial charge in [0.2, 0.25) is 12.7 Å². The maximum absolute atomic E-state index is 13.4. The number of nitrogens with zero attached hydrogens (tertiary/aromatic N) is 5. The van der Waals surface area contributed by atoms with E-state index in [4.69, 9.17) is 14.2 Å². The fourth-order valence-electron chi connectivity index (χ4n) is 4.76. The summed E-state index contributed by atoms with van der Waals surface area (Å²) in [5.41, 5.74) is 2.19. The van der Waals surface area contributed by atoms with E-state index in [1.165, 1.54) is 0 Å². The van der Waals surface area contributed by atoms with Crippen molar-refractivity contribution >= 4 is 17.6 Å². The summed E-state index contributed by atoms with van der Waals surface area (Å²) in [5, 5.41) is 8.84. The number of hydrogen-bond donors (Lipinski definition) is 0. The second-order valence-corrected chi connectivity index (χ2v) is 10.4. The van der Waals surface area contributed by atoms with Crippen molar-refractivity contribution in [2.45, 2.75) is 20.3 Å². The van der Waals surface area contributed by atoms with Crippen molar-refractivity contribution in [3.63, 3.8) is 0 Å². The van der Waals surface area contributed by atoms with Crippen LogP contribution in [0.25, 0.3) is 11.3 Å². The minimum absolute atomic E-state index is 0.0367. The van der Waals surface area contributed by atoms with E-state index in [2.05, 4.69) is 28.9 Å². The summed E-state index contributed by atoms with van der Waals surface area (Å²) < 4.78 is 16.1. The van der Waals surface area contributed by atoms with Crippen molar-refractivity contribution in [2.75, 3.05) is 58.1 Å². The van der Waals surface area contributed by atoms with Gasteiger partial charge < -0.3 is 28.9 Å². The van der Waals surface area contributed by atoms with Crippen LogP contribution in [0.2, 0.25) is 0 Å². The molecule has 1 saturated heterocycles. The maximum atomic E-state index is 13.4. The number of fused-ring (bicyclic) bond motifs is 1. The lowest BCUT2D eigenvalue weighted by Gasteiger charge is -2.36. The van der Waals surface area contributed by atoms with Crippen molar-refractivity contribution in [3.05, 3.63) is 60.2 Å². The highest BCUT2D eigenvalue weighted by Gasteiger charge is 2.27. The third-order valence-electron chi connectivity index (χ3n) is 7.18. The fourth-order valence-corrected chi connectivity index (χ4v) is 4.76. The number of amides is 2. The number of aromatic nitrogens is 2. The summed E-state index contributed by atoms with van der Waals surface area (Å²) in [4.78, 5) is 32.3. The summed E-state index contributed by atoms with van der Waals surface area (Å²) in [5.74, 6) is 2.88. The monoisotopic (exact) mass is 545 g/mol. The van der Waals surface area contributed by atoms with Crippen molar-refractivity contribution in [1.82, 2.24) is 20.0 Å². The van der Waals surface area contributed by atoms with Crippen molar-refractivity contribution in [2.24, 2.45) is 5.92 Å². The molecule has 1 aromatic heterocycles. The van der Waals surface area contributed by atoms with E-state index in [-0.39, 0.29) is 25.2 Å². The molecule has 10 heteroatoms. The summed E-state index contributed by atoms with van der Waals surface area (Å²) in [6.07, 6.45) is 0.807. The van der Waals surface area contributed by atoms with Gasteiger partial charge in [0.05, 0.1) is 12.8 Å². The van der Waals surface area contributed by atoms with Gasteiger partial charge in [-0.3, -0.25) is 9.59 Å². The van der Waals surface area contributed by atoms with Crippen LogP contribution in [0, 0.1) is 5.92 Å². The molecule has 40 heavy (non-hydrogen) atoms. The largest absolute Gasteiger partial charge is 0.497 e. The first-order chi connectivity index (χ1) is 19.4. The summed E-state index contributed by atoms with van der Waals surface area (Å²) in [6.45, 7) is 7.28. The van der Waals surface area contributed by atoms with Gasteiger partial charge in [0.1, 0.15) is 12.3 Å². The molecular formula is C30H35N5O5. The second kappa shape index (κ2) is 12.2. The average Bonchev–Trinajstić information content (AvgIpc) is 3.47. The molecule has 1 fully saturated rings. The Morgan fingerprint density at radius 1 is 0.975 bits per heavy atom. The average molecular weight is 546 g/mol. The molecule has 0 bridgehead atoms. The van der Waals surface area contributed by atoms with Crippen LogP contribution in [-0.2, 0) is 4.79 Å². The van der Waals surface area contributed by atoms with Gasteiger partial charge in [0.15, 0.2) is 17.3 Å². The summed E-state index contributed by atoms with van der Waals surface area (Å²) >= 11 is 0. The van der Waals surface area contributed by atoms with Crippen LogP contribution in [0.3, 0.4) is 0 Å². The molecule has 0 spiro atoms. The molecule has 3 heterocycles. The molecule has 0 radical (unpaired) electrons. The Bertz CT molecular complexity index is 1340. The molecule has 210 valence electrons. The standard InChI is InChI=1S/C30H35N5O5/c1-21(2)11-12-35(30(37)23-7-9-26-27(18-23)40-20-39-26)19-29(36)34-15-13-33(14-16-34)28-10-8-25(31-32-28)22-5-4-6-24(17-22)38-3/h4-10,17-18,21H,11-16,19-20H2,1-3H3.